The molecule has 12 nitrogen and oxygen atoms in total. The highest BCUT2D eigenvalue weighted by molar-refractivity contribution is 8.00. The maximum atomic E-state index is 13.1. The summed E-state index contributed by atoms with van der Waals surface area (Å²) >= 11 is 2.33. The van der Waals surface area contributed by atoms with E-state index < -0.39 is 29.2 Å². The number of quaternary nitrogens is 1. The highest BCUT2D eigenvalue weighted by Crippen LogP contribution is 2.43. The second kappa shape index (κ2) is 9.33. The number of carboxylic acids is 1. The van der Waals surface area contributed by atoms with Crippen molar-refractivity contribution in [3.8, 4) is 0 Å². The number of carbonyl (C=O) groups excluding carboxylic acids is 2. The third-order valence-corrected chi connectivity index (χ3v) is 8.69. The van der Waals surface area contributed by atoms with Crippen LogP contribution in [0.25, 0.3) is 0 Å². The third-order valence-electron chi connectivity index (χ3n) is 6.81. The van der Waals surface area contributed by atoms with Gasteiger partial charge in [0.2, 0.25) is 11.5 Å². The van der Waals surface area contributed by atoms with Gasteiger partial charge >= 0.3 is 5.97 Å². The van der Waals surface area contributed by atoms with Crippen LogP contribution in [0.4, 0.5) is 5.13 Å². The molecule has 190 valence electrons. The van der Waals surface area contributed by atoms with Gasteiger partial charge in [0.05, 0.1) is 7.05 Å². The summed E-state index contributed by atoms with van der Waals surface area (Å²) in [5.74, 6) is -1.93. The van der Waals surface area contributed by atoms with Gasteiger partial charge in [-0.3, -0.25) is 19.0 Å². The molecule has 4 aliphatic rings. The summed E-state index contributed by atoms with van der Waals surface area (Å²) in [4.78, 5) is 48.3. The topological polar surface area (TPSA) is 160 Å². The molecule has 1 unspecified atom stereocenters. The van der Waals surface area contributed by atoms with Crippen molar-refractivity contribution in [2.75, 3.05) is 32.2 Å². The molecular formula is C22H26N7O5S2+. The van der Waals surface area contributed by atoms with E-state index in [-0.39, 0.29) is 22.4 Å². The molecule has 3 atom stereocenters. The monoisotopic (exact) mass is 532 g/mol. The highest BCUT2D eigenvalue weighted by Gasteiger charge is 2.55. The van der Waals surface area contributed by atoms with Gasteiger partial charge in [0.25, 0.3) is 11.8 Å². The minimum absolute atomic E-state index is 0.00609. The van der Waals surface area contributed by atoms with Gasteiger partial charge in [0.15, 0.2) is 5.13 Å². The maximum Gasteiger partial charge on any atom is 0.352 e. The first-order chi connectivity index (χ1) is 17.2. The number of aliphatic carboxylic acids is 1. The summed E-state index contributed by atoms with van der Waals surface area (Å²) in [6.45, 7) is 0.485. The molecule has 0 radical (unpaired) electrons. The van der Waals surface area contributed by atoms with Crippen molar-refractivity contribution in [3.63, 3.8) is 0 Å². The van der Waals surface area contributed by atoms with Gasteiger partial charge in [-0.1, -0.05) is 5.16 Å². The molecule has 4 heterocycles. The van der Waals surface area contributed by atoms with Crippen LogP contribution in [0.1, 0.15) is 31.5 Å². The number of likely N-dealkylation sites (N-methyl/N-ethyl adjacent to an activating group) is 1. The summed E-state index contributed by atoms with van der Waals surface area (Å²) < 4.78 is 4.51. The molecule has 5 rings (SSSR count). The number of β-lactam (4-membered cyclic amide) rings is 1. The Bertz CT molecular complexity index is 1270. The van der Waals surface area contributed by atoms with Crippen molar-refractivity contribution >= 4 is 51.9 Å². The molecule has 1 fully saturated rings. The number of carboxylic acid groups (broad SMARTS) is 1. The molecule has 2 amide bonds. The molecule has 3 aliphatic heterocycles. The molecule has 36 heavy (non-hydrogen) atoms. The molecule has 0 spiro atoms. The van der Waals surface area contributed by atoms with Gasteiger partial charge in [-0.05, 0) is 19.3 Å². The van der Waals surface area contributed by atoms with Gasteiger partial charge in [-0.15, -0.1) is 11.8 Å². The number of anilines is 1. The van der Waals surface area contributed by atoms with E-state index in [0.717, 1.165) is 30.8 Å². The fourth-order valence-corrected chi connectivity index (χ4v) is 6.96. The van der Waals surface area contributed by atoms with E-state index in [9.17, 15) is 19.5 Å². The first-order valence-corrected chi connectivity index (χ1v) is 13.2. The van der Waals surface area contributed by atoms with E-state index >= 15 is 0 Å². The normalized spacial score (nSPS) is 27.6. The average Bonchev–Trinajstić information content (AvgIpc) is 3.43. The SMILES string of the molecule is CO/N=C(\C(=O)N[C@@H]1C(=O)N2C(C(=O)O)=C(C[N+]3(C)C=CC4=C3CCCC4)CS[C@H]12)c1nsc(N)n1. The lowest BCUT2D eigenvalue weighted by Crippen LogP contribution is -2.71. The van der Waals surface area contributed by atoms with Crippen LogP contribution in [0.2, 0.25) is 0 Å². The van der Waals surface area contributed by atoms with E-state index in [2.05, 4.69) is 39.2 Å². The van der Waals surface area contributed by atoms with Crippen LogP contribution in [-0.2, 0) is 19.2 Å². The van der Waals surface area contributed by atoms with E-state index in [1.807, 2.05) is 0 Å². The number of thioether (sulfide) groups is 1. The van der Waals surface area contributed by atoms with Crippen molar-refractivity contribution in [3.05, 3.63) is 40.6 Å². The first-order valence-electron chi connectivity index (χ1n) is 11.4. The number of allylic oxidation sites excluding steroid dienone is 3. The Kier molecular flexibility index (Phi) is 6.34. The number of nitrogens with two attached hydrogens (primary N) is 1. The number of aromatic nitrogens is 2. The average molecular weight is 533 g/mol. The van der Waals surface area contributed by atoms with Crippen LogP contribution in [0.15, 0.2) is 40.0 Å². The largest absolute Gasteiger partial charge is 0.477 e. The maximum absolute atomic E-state index is 13.1. The lowest BCUT2D eigenvalue weighted by Gasteiger charge is -2.49. The number of hydrogen-bond acceptors (Lipinski definition) is 10. The number of hydrogen-bond donors (Lipinski definition) is 3. The summed E-state index contributed by atoms with van der Waals surface area (Å²) in [6.07, 6.45) is 8.60. The minimum Gasteiger partial charge on any atom is -0.477 e. The molecule has 0 aromatic carbocycles. The van der Waals surface area contributed by atoms with Crippen LogP contribution < -0.4 is 11.1 Å². The Labute approximate surface area is 215 Å². The van der Waals surface area contributed by atoms with Crippen LogP contribution in [0.5, 0.6) is 0 Å². The highest BCUT2D eigenvalue weighted by atomic mass is 32.2. The lowest BCUT2D eigenvalue weighted by atomic mass is 9.96. The standard InChI is InChI=1S/C22H25N7O5S2/c1-29(8-7-11-5-3-4-6-13(11)29)9-12-10-35-20-15(19(31)28(20)16(12)21(32)33)24-18(30)14(26-34-2)17-25-22(23)36-27-17/h7-8,15,20H,3-6,9-10H2,1-2H3,(H3-,23,24,25,27,30,32,33)/p+1/b26-14-/t15-,20-,29?/m1/s1. The number of oxime groups is 1. The Morgan fingerprint density at radius 1 is 1.39 bits per heavy atom. The van der Waals surface area contributed by atoms with Crippen molar-refractivity contribution < 1.29 is 28.8 Å². The second-order valence-corrected chi connectivity index (χ2v) is 11.0. The van der Waals surface area contributed by atoms with Crippen LogP contribution in [-0.4, -0.2) is 85.2 Å². The smallest absolute Gasteiger partial charge is 0.352 e. The summed E-state index contributed by atoms with van der Waals surface area (Å²) in [6, 6.07) is -0.916. The van der Waals surface area contributed by atoms with Crippen molar-refractivity contribution in [1.82, 2.24) is 19.6 Å². The molecule has 14 heteroatoms. The van der Waals surface area contributed by atoms with E-state index in [4.69, 9.17) is 10.6 Å². The Balaban J connectivity index is 1.35. The van der Waals surface area contributed by atoms with Gasteiger partial charge in [0.1, 0.15) is 42.7 Å². The van der Waals surface area contributed by atoms with E-state index in [0.29, 0.717) is 22.4 Å². The minimum atomic E-state index is -1.15. The predicted molar refractivity (Wildman–Crippen MR) is 133 cm³/mol. The van der Waals surface area contributed by atoms with Gasteiger partial charge < -0.3 is 21.0 Å². The van der Waals surface area contributed by atoms with Crippen LogP contribution in [0, 0.1) is 0 Å². The number of carbonyl (C=O) groups is 3. The summed E-state index contributed by atoms with van der Waals surface area (Å²) in [5, 5.41) is 16.0. The predicted octanol–water partition coefficient (Wildman–Crippen LogP) is 1.01. The third kappa shape index (κ3) is 4.08. The number of amides is 2. The summed E-state index contributed by atoms with van der Waals surface area (Å²) in [7, 11) is 3.36. The molecule has 0 saturated carbocycles. The van der Waals surface area contributed by atoms with Gasteiger partial charge in [-0.25, -0.2) is 4.79 Å². The van der Waals surface area contributed by atoms with Gasteiger partial charge in [0, 0.05) is 40.9 Å². The number of rotatable bonds is 7. The molecule has 1 aliphatic carbocycles. The van der Waals surface area contributed by atoms with Crippen molar-refractivity contribution in [2.24, 2.45) is 5.16 Å². The fourth-order valence-electron chi connectivity index (χ4n) is 5.19. The van der Waals surface area contributed by atoms with Crippen LogP contribution >= 0.6 is 23.3 Å². The lowest BCUT2D eigenvalue weighted by molar-refractivity contribution is -0.814. The second-order valence-electron chi connectivity index (χ2n) is 9.12. The zero-order valence-electron chi connectivity index (χ0n) is 19.8. The molecule has 1 aromatic heterocycles. The van der Waals surface area contributed by atoms with E-state index in [1.165, 1.54) is 41.5 Å². The molecule has 1 aromatic rings. The molecular weight excluding hydrogens is 506 g/mol. The number of nitrogen functional groups attached to an aromatic ring is 1. The van der Waals surface area contributed by atoms with Crippen LogP contribution in [0.3, 0.4) is 0 Å². The van der Waals surface area contributed by atoms with Crippen molar-refractivity contribution in [2.45, 2.75) is 37.1 Å². The molecule has 1 saturated heterocycles. The first kappa shape index (κ1) is 24.5. The zero-order valence-corrected chi connectivity index (χ0v) is 21.4. The fraction of sp³-hybridized carbons (Fsp3) is 0.455. The van der Waals surface area contributed by atoms with Crippen molar-refractivity contribution in [1.29, 1.82) is 0 Å². The Morgan fingerprint density at radius 2 is 2.17 bits per heavy atom. The van der Waals surface area contributed by atoms with E-state index in [1.54, 1.807) is 0 Å². The summed E-state index contributed by atoms with van der Waals surface area (Å²) in [5.41, 5.74) is 8.77. The number of fused-ring (bicyclic) bond motifs is 1. The Morgan fingerprint density at radius 3 is 2.86 bits per heavy atom. The molecule has 4 N–H and O–H groups in total. The zero-order chi connectivity index (χ0) is 25.6. The number of nitrogens with one attached hydrogen (secondary N) is 1. The quantitative estimate of drug-likeness (QED) is 0.201. The van der Waals surface area contributed by atoms with Gasteiger partial charge in [-0.2, -0.15) is 9.36 Å². The molecule has 0 bridgehead atoms. The Hall–Kier alpha value is -3.23. The number of nitrogens with zero attached hydrogens (tertiary/aromatic N) is 5.